The molecule has 6 heteroatoms. The van der Waals surface area contributed by atoms with Crippen LogP contribution in [0, 0.1) is 5.92 Å². The molecule has 1 aliphatic heterocycles. The summed E-state index contributed by atoms with van der Waals surface area (Å²) < 4.78 is 9.99. The highest BCUT2D eigenvalue weighted by molar-refractivity contribution is 5.89. The van der Waals surface area contributed by atoms with Crippen LogP contribution in [-0.2, 0) is 19.1 Å². The summed E-state index contributed by atoms with van der Waals surface area (Å²) in [6.07, 6.45) is 0.288. The van der Waals surface area contributed by atoms with E-state index in [1.54, 1.807) is 7.11 Å². The Labute approximate surface area is 94.7 Å². The first-order valence-electron chi connectivity index (χ1n) is 5.35. The van der Waals surface area contributed by atoms with Crippen LogP contribution in [0.25, 0.3) is 0 Å². The van der Waals surface area contributed by atoms with Gasteiger partial charge in [-0.15, -0.1) is 0 Å². The van der Waals surface area contributed by atoms with E-state index >= 15 is 0 Å². The van der Waals surface area contributed by atoms with Crippen LogP contribution >= 0.6 is 0 Å². The zero-order valence-electron chi connectivity index (χ0n) is 9.45. The molecule has 16 heavy (non-hydrogen) atoms. The summed E-state index contributed by atoms with van der Waals surface area (Å²) in [5.41, 5.74) is 0. The number of hydrogen-bond donors (Lipinski definition) is 2. The largest absolute Gasteiger partial charge is 0.382 e. The molecule has 1 aliphatic rings. The first-order valence-corrected chi connectivity index (χ1v) is 5.35. The van der Waals surface area contributed by atoms with Crippen molar-refractivity contribution < 1.29 is 19.1 Å². The second-order valence-corrected chi connectivity index (χ2v) is 3.60. The fourth-order valence-corrected chi connectivity index (χ4v) is 1.43. The maximum atomic E-state index is 11.5. The van der Waals surface area contributed by atoms with Crippen molar-refractivity contribution in [3.63, 3.8) is 0 Å². The molecule has 92 valence electrons. The molecule has 2 N–H and O–H groups in total. The Kier molecular flexibility index (Phi) is 5.81. The van der Waals surface area contributed by atoms with Gasteiger partial charge in [0.2, 0.25) is 11.8 Å². The molecule has 6 nitrogen and oxygen atoms in total. The third-order valence-electron chi connectivity index (χ3n) is 2.33. The van der Waals surface area contributed by atoms with Gasteiger partial charge in [-0.05, 0) is 0 Å². The molecule has 0 radical (unpaired) electrons. The van der Waals surface area contributed by atoms with Gasteiger partial charge < -0.3 is 20.1 Å². The zero-order valence-corrected chi connectivity index (χ0v) is 9.45. The van der Waals surface area contributed by atoms with Crippen molar-refractivity contribution in [3.8, 4) is 0 Å². The van der Waals surface area contributed by atoms with Crippen molar-refractivity contribution in [3.05, 3.63) is 0 Å². The standard InChI is InChI=1S/C10H18N2O4/c1-15-4-5-16-3-2-11-10(14)8-6-9(13)12-7-8/h8H,2-7H2,1H3,(H,11,14)(H,12,13). The number of amides is 2. The maximum absolute atomic E-state index is 11.5. The first-order chi connectivity index (χ1) is 7.74. The van der Waals surface area contributed by atoms with Crippen molar-refractivity contribution in [1.82, 2.24) is 10.6 Å². The number of ether oxygens (including phenoxy) is 2. The van der Waals surface area contributed by atoms with Crippen LogP contribution < -0.4 is 10.6 Å². The van der Waals surface area contributed by atoms with Crippen molar-refractivity contribution in [2.45, 2.75) is 6.42 Å². The highest BCUT2D eigenvalue weighted by Crippen LogP contribution is 2.07. The molecule has 2 amide bonds. The fraction of sp³-hybridized carbons (Fsp3) is 0.800. The zero-order chi connectivity index (χ0) is 11.8. The van der Waals surface area contributed by atoms with Gasteiger partial charge in [-0.25, -0.2) is 0 Å². The molecule has 1 saturated heterocycles. The van der Waals surface area contributed by atoms with Crippen LogP contribution in [0.3, 0.4) is 0 Å². The van der Waals surface area contributed by atoms with Gasteiger partial charge in [0.1, 0.15) is 0 Å². The lowest BCUT2D eigenvalue weighted by Gasteiger charge is -2.09. The molecule has 0 bridgehead atoms. The Balaban J connectivity index is 2.00. The average molecular weight is 230 g/mol. The third-order valence-corrected chi connectivity index (χ3v) is 2.33. The minimum absolute atomic E-state index is 0.0588. The van der Waals surface area contributed by atoms with E-state index in [0.717, 1.165) is 0 Å². The number of rotatable bonds is 7. The average Bonchev–Trinajstić information content (AvgIpc) is 2.70. The Bertz CT molecular complexity index is 245. The van der Waals surface area contributed by atoms with Crippen LogP contribution in [0.15, 0.2) is 0 Å². The second kappa shape index (κ2) is 7.19. The van der Waals surface area contributed by atoms with E-state index < -0.39 is 0 Å². The van der Waals surface area contributed by atoms with Gasteiger partial charge in [0, 0.05) is 26.6 Å². The van der Waals surface area contributed by atoms with E-state index in [1.165, 1.54) is 0 Å². The van der Waals surface area contributed by atoms with Crippen LogP contribution in [0.1, 0.15) is 6.42 Å². The van der Waals surface area contributed by atoms with Crippen molar-refractivity contribution in [1.29, 1.82) is 0 Å². The topological polar surface area (TPSA) is 76.7 Å². The van der Waals surface area contributed by atoms with E-state index in [-0.39, 0.29) is 24.2 Å². The Morgan fingerprint density at radius 2 is 2.31 bits per heavy atom. The Morgan fingerprint density at radius 1 is 1.50 bits per heavy atom. The van der Waals surface area contributed by atoms with E-state index in [0.29, 0.717) is 32.9 Å². The SMILES string of the molecule is COCCOCCNC(=O)C1CNC(=O)C1. The summed E-state index contributed by atoms with van der Waals surface area (Å²) in [5, 5.41) is 5.35. The number of methoxy groups -OCH3 is 1. The summed E-state index contributed by atoms with van der Waals surface area (Å²) in [7, 11) is 1.61. The van der Waals surface area contributed by atoms with Gasteiger partial charge in [-0.1, -0.05) is 0 Å². The fourth-order valence-electron chi connectivity index (χ4n) is 1.43. The molecule has 0 saturated carbocycles. The molecule has 0 aromatic heterocycles. The van der Waals surface area contributed by atoms with E-state index in [9.17, 15) is 9.59 Å². The second-order valence-electron chi connectivity index (χ2n) is 3.60. The molecular formula is C10H18N2O4. The normalized spacial score (nSPS) is 19.6. The predicted molar refractivity (Wildman–Crippen MR) is 56.8 cm³/mol. The lowest BCUT2D eigenvalue weighted by atomic mass is 10.1. The molecule has 1 atom stereocenters. The van der Waals surface area contributed by atoms with Crippen LogP contribution in [-0.4, -0.2) is 51.8 Å². The molecule has 1 unspecified atom stereocenters. The molecule has 1 rings (SSSR count). The van der Waals surface area contributed by atoms with Gasteiger partial charge in [0.15, 0.2) is 0 Å². The first kappa shape index (κ1) is 12.9. The Morgan fingerprint density at radius 3 is 2.94 bits per heavy atom. The monoisotopic (exact) mass is 230 g/mol. The minimum atomic E-state index is -0.230. The van der Waals surface area contributed by atoms with Gasteiger partial charge in [0.25, 0.3) is 0 Å². The minimum Gasteiger partial charge on any atom is -0.382 e. The quantitative estimate of drug-likeness (QED) is 0.544. The maximum Gasteiger partial charge on any atom is 0.225 e. The molecule has 0 aliphatic carbocycles. The number of nitrogens with one attached hydrogen (secondary N) is 2. The summed E-state index contributed by atoms with van der Waals surface area (Å²) in [4.78, 5) is 22.4. The molecule has 0 aromatic rings. The van der Waals surface area contributed by atoms with Gasteiger partial charge in [-0.2, -0.15) is 0 Å². The van der Waals surface area contributed by atoms with Gasteiger partial charge >= 0.3 is 0 Å². The van der Waals surface area contributed by atoms with Crippen molar-refractivity contribution in [2.75, 3.05) is 40.0 Å². The smallest absolute Gasteiger partial charge is 0.225 e. The number of carbonyl (C=O) groups is 2. The van der Waals surface area contributed by atoms with Crippen molar-refractivity contribution >= 4 is 11.8 Å². The van der Waals surface area contributed by atoms with Crippen molar-refractivity contribution in [2.24, 2.45) is 5.92 Å². The summed E-state index contributed by atoms with van der Waals surface area (Å²) >= 11 is 0. The Hall–Kier alpha value is -1.14. The van der Waals surface area contributed by atoms with E-state index in [1.807, 2.05) is 0 Å². The number of hydrogen-bond acceptors (Lipinski definition) is 4. The van der Waals surface area contributed by atoms with Gasteiger partial charge in [0.05, 0.1) is 25.7 Å². The molecule has 1 heterocycles. The van der Waals surface area contributed by atoms with Crippen LogP contribution in [0.2, 0.25) is 0 Å². The molecule has 0 aromatic carbocycles. The molecule has 1 fully saturated rings. The summed E-state index contributed by atoms with van der Waals surface area (Å²) in [5.74, 6) is -0.378. The lowest BCUT2D eigenvalue weighted by Crippen LogP contribution is -2.34. The number of carbonyl (C=O) groups excluding carboxylic acids is 2. The van der Waals surface area contributed by atoms with E-state index in [2.05, 4.69) is 10.6 Å². The van der Waals surface area contributed by atoms with E-state index in [4.69, 9.17) is 9.47 Å². The third kappa shape index (κ3) is 4.59. The molecular weight excluding hydrogens is 212 g/mol. The molecule has 0 spiro atoms. The van der Waals surface area contributed by atoms with Gasteiger partial charge in [-0.3, -0.25) is 9.59 Å². The lowest BCUT2D eigenvalue weighted by molar-refractivity contribution is -0.126. The van der Waals surface area contributed by atoms with Crippen LogP contribution in [0.5, 0.6) is 0 Å². The van der Waals surface area contributed by atoms with Crippen LogP contribution in [0.4, 0.5) is 0 Å². The summed E-state index contributed by atoms with van der Waals surface area (Å²) in [6, 6.07) is 0. The predicted octanol–water partition coefficient (Wildman–Crippen LogP) is -1.10. The highest BCUT2D eigenvalue weighted by Gasteiger charge is 2.27. The summed E-state index contributed by atoms with van der Waals surface area (Å²) in [6.45, 7) is 2.44. The highest BCUT2D eigenvalue weighted by atomic mass is 16.5.